The fraction of sp³-hybridized carbons (Fsp3) is 0.222. The van der Waals surface area contributed by atoms with Gasteiger partial charge in [-0.3, -0.25) is 4.79 Å². The van der Waals surface area contributed by atoms with Crippen LogP contribution in [0.15, 0.2) is 48.5 Å². The molecule has 0 bridgehead atoms. The lowest BCUT2D eigenvalue weighted by Crippen LogP contribution is -2.22. The molecule has 0 saturated heterocycles. The quantitative estimate of drug-likeness (QED) is 0.792. The molecule has 2 aromatic rings. The average molecular weight is 367 g/mol. The van der Waals surface area contributed by atoms with Crippen molar-refractivity contribution in [3.63, 3.8) is 0 Å². The average Bonchev–Trinajstić information content (AvgIpc) is 2.60. The highest BCUT2D eigenvalue weighted by Crippen LogP contribution is 2.34. The summed E-state index contributed by atoms with van der Waals surface area (Å²) in [7, 11) is 1.51. The number of anilines is 1. The predicted molar refractivity (Wildman–Crippen MR) is 87.5 cm³/mol. The molecule has 0 radical (unpaired) electrons. The summed E-state index contributed by atoms with van der Waals surface area (Å²) in [5, 5.41) is 2.10. The van der Waals surface area contributed by atoms with E-state index in [-0.39, 0.29) is 5.56 Å². The van der Waals surface area contributed by atoms with Crippen molar-refractivity contribution in [2.24, 2.45) is 0 Å². The third-order valence-corrected chi connectivity index (χ3v) is 3.31. The highest BCUT2D eigenvalue weighted by Gasteiger charge is 2.33. The van der Waals surface area contributed by atoms with Crippen LogP contribution in [0, 0.1) is 0 Å². The Hall–Kier alpha value is -2.87. The van der Waals surface area contributed by atoms with Gasteiger partial charge in [-0.25, -0.2) is 4.79 Å². The van der Waals surface area contributed by atoms with Crippen molar-refractivity contribution in [2.75, 3.05) is 19.0 Å². The fourth-order valence-corrected chi connectivity index (χ4v) is 2.19. The van der Waals surface area contributed by atoms with Gasteiger partial charge in [0, 0.05) is 7.11 Å². The predicted octanol–water partition coefficient (Wildman–Crippen LogP) is 3.65. The van der Waals surface area contributed by atoms with Crippen LogP contribution in [-0.4, -0.2) is 25.6 Å². The number of carbonyl (C=O) groups is 2. The monoisotopic (exact) mass is 367 g/mol. The van der Waals surface area contributed by atoms with Gasteiger partial charge in [-0.15, -0.1) is 0 Å². The van der Waals surface area contributed by atoms with Gasteiger partial charge in [0.1, 0.15) is 0 Å². The Labute approximate surface area is 147 Å². The maximum atomic E-state index is 12.9. The van der Waals surface area contributed by atoms with Gasteiger partial charge in [-0.1, -0.05) is 24.3 Å². The first kappa shape index (κ1) is 19.5. The van der Waals surface area contributed by atoms with E-state index in [9.17, 15) is 22.8 Å². The highest BCUT2D eigenvalue weighted by atomic mass is 19.4. The molecule has 138 valence electrons. The second-order valence-corrected chi connectivity index (χ2v) is 5.30. The summed E-state index contributed by atoms with van der Waals surface area (Å²) in [5.41, 5.74) is -0.427. The molecule has 0 spiro atoms. The highest BCUT2D eigenvalue weighted by molar-refractivity contribution is 5.96. The number of para-hydroxylation sites is 1. The van der Waals surface area contributed by atoms with Crippen molar-refractivity contribution < 1.29 is 32.2 Å². The third-order valence-electron chi connectivity index (χ3n) is 3.31. The van der Waals surface area contributed by atoms with Gasteiger partial charge in [-0.2, -0.15) is 13.2 Å². The standard InChI is InChI=1S/C18H16F3NO4/c1-25-10-12-5-4-6-13(9-12)17(24)26-11-16(23)22-15-8-3-2-7-14(15)18(19,20)21/h2-9H,10-11H2,1H3,(H,22,23). The topological polar surface area (TPSA) is 64.6 Å². The SMILES string of the molecule is COCc1cccc(C(=O)OCC(=O)Nc2ccccc2C(F)(F)F)c1. The van der Waals surface area contributed by atoms with E-state index < -0.39 is 35.9 Å². The van der Waals surface area contributed by atoms with Gasteiger partial charge in [0.25, 0.3) is 5.91 Å². The largest absolute Gasteiger partial charge is 0.452 e. The number of alkyl halides is 3. The van der Waals surface area contributed by atoms with E-state index in [2.05, 4.69) is 5.32 Å². The van der Waals surface area contributed by atoms with Gasteiger partial charge < -0.3 is 14.8 Å². The molecule has 0 saturated carbocycles. The summed E-state index contributed by atoms with van der Waals surface area (Å²) < 4.78 is 48.5. The Kier molecular flexibility index (Phi) is 6.35. The molecule has 1 N–H and O–H groups in total. The number of halogens is 3. The Morgan fingerprint density at radius 1 is 1.08 bits per heavy atom. The first-order chi connectivity index (χ1) is 12.3. The zero-order chi connectivity index (χ0) is 19.2. The maximum absolute atomic E-state index is 12.9. The van der Waals surface area contributed by atoms with Crippen LogP contribution in [-0.2, 0) is 27.1 Å². The Balaban J connectivity index is 1.97. The maximum Gasteiger partial charge on any atom is 0.418 e. The zero-order valence-electron chi connectivity index (χ0n) is 13.8. The molecule has 0 unspecified atom stereocenters. The van der Waals surface area contributed by atoms with Crippen molar-refractivity contribution in [3.8, 4) is 0 Å². The van der Waals surface area contributed by atoms with Crippen molar-refractivity contribution in [1.29, 1.82) is 0 Å². The van der Waals surface area contributed by atoms with Gasteiger partial charge in [0.05, 0.1) is 23.4 Å². The van der Waals surface area contributed by atoms with Crippen LogP contribution in [0.5, 0.6) is 0 Å². The first-order valence-corrected chi connectivity index (χ1v) is 7.52. The Bertz CT molecular complexity index is 790. The Morgan fingerprint density at radius 3 is 2.50 bits per heavy atom. The van der Waals surface area contributed by atoms with Gasteiger partial charge in [0.15, 0.2) is 6.61 Å². The Morgan fingerprint density at radius 2 is 1.81 bits per heavy atom. The van der Waals surface area contributed by atoms with Gasteiger partial charge in [-0.05, 0) is 29.8 Å². The molecule has 26 heavy (non-hydrogen) atoms. The summed E-state index contributed by atoms with van der Waals surface area (Å²) in [6, 6.07) is 11.0. The lowest BCUT2D eigenvalue weighted by molar-refractivity contribution is -0.137. The number of hydrogen-bond acceptors (Lipinski definition) is 4. The molecule has 0 aromatic heterocycles. The van der Waals surface area contributed by atoms with Gasteiger partial charge in [0.2, 0.25) is 0 Å². The molecule has 0 fully saturated rings. The number of rotatable bonds is 6. The third kappa shape index (κ3) is 5.32. The van der Waals surface area contributed by atoms with Gasteiger partial charge >= 0.3 is 12.1 Å². The molecule has 0 atom stereocenters. The molecule has 0 aliphatic heterocycles. The van der Waals surface area contributed by atoms with Crippen LogP contribution in [0.3, 0.4) is 0 Å². The van der Waals surface area contributed by atoms with Crippen LogP contribution in [0.4, 0.5) is 18.9 Å². The molecular weight excluding hydrogens is 351 g/mol. The molecule has 0 aliphatic rings. The van der Waals surface area contributed by atoms with Crippen molar-refractivity contribution >= 4 is 17.6 Å². The number of carbonyl (C=O) groups excluding carboxylic acids is 2. The van der Waals surface area contributed by atoms with E-state index in [1.54, 1.807) is 18.2 Å². The minimum Gasteiger partial charge on any atom is -0.452 e. The first-order valence-electron chi connectivity index (χ1n) is 7.52. The van der Waals surface area contributed by atoms with Crippen LogP contribution in [0.2, 0.25) is 0 Å². The number of ether oxygens (including phenoxy) is 2. The van der Waals surface area contributed by atoms with E-state index in [4.69, 9.17) is 9.47 Å². The molecule has 8 heteroatoms. The summed E-state index contributed by atoms with van der Waals surface area (Å²) in [4.78, 5) is 23.8. The minimum atomic E-state index is -4.61. The summed E-state index contributed by atoms with van der Waals surface area (Å²) >= 11 is 0. The number of methoxy groups -OCH3 is 1. The number of hydrogen-bond donors (Lipinski definition) is 1. The van der Waals surface area contributed by atoms with E-state index in [0.717, 1.165) is 17.7 Å². The summed E-state index contributed by atoms with van der Waals surface area (Å²) in [6.45, 7) is -0.407. The molecule has 0 heterocycles. The normalized spacial score (nSPS) is 11.1. The van der Waals surface area contributed by atoms with Crippen molar-refractivity contribution in [2.45, 2.75) is 12.8 Å². The number of benzene rings is 2. The minimum absolute atomic E-state index is 0.211. The summed E-state index contributed by atoms with van der Waals surface area (Å²) in [6.07, 6.45) is -4.61. The zero-order valence-corrected chi connectivity index (χ0v) is 13.8. The van der Waals surface area contributed by atoms with E-state index in [1.165, 1.54) is 25.3 Å². The van der Waals surface area contributed by atoms with Crippen LogP contribution >= 0.6 is 0 Å². The lowest BCUT2D eigenvalue weighted by Gasteiger charge is -2.13. The second-order valence-electron chi connectivity index (χ2n) is 5.30. The van der Waals surface area contributed by atoms with Crippen molar-refractivity contribution in [3.05, 3.63) is 65.2 Å². The smallest absolute Gasteiger partial charge is 0.418 e. The fourth-order valence-electron chi connectivity index (χ4n) is 2.19. The van der Waals surface area contributed by atoms with E-state index in [1.807, 2.05) is 0 Å². The van der Waals surface area contributed by atoms with Crippen LogP contribution < -0.4 is 5.32 Å². The molecule has 1 amide bonds. The number of nitrogens with one attached hydrogen (secondary N) is 1. The molecule has 5 nitrogen and oxygen atoms in total. The molecular formula is C18H16F3NO4. The van der Waals surface area contributed by atoms with E-state index in [0.29, 0.717) is 6.61 Å². The van der Waals surface area contributed by atoms with Crippen LogP contribution in [0.1, 0.15) is 21.5 Å². The molecule has 0 aliphatic carbocycles. The number of esters is 1. The molecule has 2 rings (SSSR count). The van der Waals surface area contributed by atoms with Crippen molar-refractivity contribution in [1.82, 2.24) is 0 Å². The molecule has 2 aromatic carbocycles. The number of amides is 1. The van der Waals surface area contributed by atoms with E-state index >= 15 is 0 Å². The second kappa shape index (κ2) is 8.48. The van der Waals surface area contributed by atoms with Crippen LogP contribution in [0.25, 0.3) is 0 Å². The summed E-state index contributed by atoms with van der Waals surface area (Å²) in [5.74, 6) is -1.63. The lowest BCUT2D eigenvalue weighted by atomic mass is 10.1.